The molecule has 46 heavy (non-hydrogen) atoms. The van der Waals surface area contributed by atoms with Crippen molar-refractivity contribution in [1.29, 1.82) is 0 Å². The van der Waals surface area contributed by atoms with Crippen molar-refractivity contribution < 1.29 is 29.0 Å². The van der Waals surface area contributed by atoms with Crippen molar-refractivity contribution in [3.05, 3.63) is 91.0 Å². The molecular formula is C37H39N3O6. The summed E-state index contributed by atoms with van der Waals surface area (Å²) < 4.78 is 12.6. The Hall–Kier alpha value is -4.47. The first kappa shape index (κ1) is 30.2. The maximum atomic E-state index is 14.8. The summed E-state index contributed by atoms with van der Waals surface area (Å²) in [6, 6.07) is 19.5. The molecule has 7 rings (SSSR count). The van der Waals surface area contributed by atoms with Gasteiger partial charge in [0.1, 0.15) is 17.4 Å². The summed E-state index contributed by atoms with van der Waals surface area (Å²) in [6.45, 7) is 6.42. The van der Waals surface area contributed by atoms with Crippen LogP contribution in [0.3, 0.4) is 0 Å². The van der Waals surface area contributed by atoms with Crippen LogP contribution in [0.15, 0.2) is 91.0 Å². The zero-order valence-electron chi connectivity index (χ0n) is 26.3. The minimum atomic E-state index is -1.41. The highest BCUT2D eigenvalue weighted by atomic mass is 16.5. The zero-order valence-corrected chi connectivity index (χ0v) is 26.3. The highest BCUT2D eigenvalue weighted by molar-refractivity contribution is 6.08. The largest absolute Gasteiger partial charge is 0.494 e. The molecule has 6 atom stereocenters. The van der Waals surface area contributed by atoms with Crippen molar-refractivity contribution in [2.24, 2.45) is 11.8 Å². The molecule has 9 nitrogen and oxygen atoms in total. The van der Waals surface area contributed by atoms with Gasteiger partial charge >= 0.3 is 0 Å². The molecule has 3 amide bonds. The summed E-state index contributed by atoms with van der Waals surface area (Å²) in [5.41, 5.74) is -1.18. The van der Waals surface area contributed by atoms with Crippen molar-refractivity contribution in [2.75, 3.05) is 36.1 Å². The number of nitrogens with zero attached hydrogens (tertiary/aromatic N) is 3. The normalized spacial score (nSPS) is 29.4. The van der Waals surface area contributed by atoms with Gasteiger partial charge in [0, 0.05) is 24.5 Å². The summed E-state index contributed by atoms with van der Waals surface area (Å²) in [5.74, 6) is -2.08. The summed E-state index contributed by atoms with van der Waals surface area (Å²) >= 11 is 0. The lowest BCUT2D eigenvalue weighted by Crippen LogP contribution is -2.58. The van der Waals surface area contributed by atoms with E-state index in [0.717, 1.165) is 10.8 Å². The van der Waals surface area contributed by atoms with E-state index < -0.39 is 35.1 Å². The second kappa shape index (κ2) is 11.4. The lowest BCUT2D eigenvalue weighted by molar-refractivity contribution is -0.148. The SMILES string of the molecule is CCOc1ccc(N2CC=C[C@@]3(C)O[C@]45C=CCN(c6ccc7ccccc7c6)C(=O)C4N([C@@H](CC)CO)C(=O)[C@@H]5[C@H]3C2=O)cc1. The third-order valence-corrected chi connectivity index (χ3v) is 10.1. The van der Waals surface area contributed by atoms with Crippen molar-refractivity contribution in [2.45, 2.75) is 50.5 Å². The standard InChI is InChI=1S/C37H39N3O6/c1-4-26(23-41)40-32-35(44)39(28-13-12-24-10-6-7-11-25(24)22-28)21-9-19-37(32)31(34(40)43)30-33(42)38(20-8-18-36(30,3)46-37)27-14-16-29(17-15-27)45-5-2/h6-19,22,26,30-32,41H,4-5,20-21,23H2,1-3H3/t26-,30-,31-,32?,36+,37-/m0/s1. The Labute approximate surface area is 268 Å². The van der Waals surface area contributed by atoms with Crippen LogP contribution in [0.5, 0.6) is 5.75 Å². The quantitative estimate of drug-likeness (QED) is 0.391. The number of likely N-dealkylation sites (tertiary alicyclic amines) is 1. The van der Waals surface area contributed by atoms with Gasteiger partial charge in [-0.25, -0.2) is 0 Å². The number of benzene rings is 3. The molecule has 0 saturated carbocycles. The molecule has 1 unspecified atom stereocenters. The van der Waals surface area contributed by atoms with Crippen molar-refractivity contribution in [3.8, 4) is 5.75 Å². The van der Waals surface area contributed by atoms with Crippen LogP contribution in [0.25, 0.3) is 10.8 Å². The molecule has 9 heteroatoms. The van der Waals surface area contributed by atoms with Gasteiger partial charge < -0.3 is 29.3 Å². The number of amides is 3. The first-order chi connectivity index (χ1) is 22.3. The van der Waals surface area contributed by atoms with Crippen molar-refractivity contribution in [1.82, 2.24) is 4.90 Å². The van der Waals surface area contributed by atoms with Crippen LogP contribution >= 0.6 is 0 Å². The molecule has 0 aliphatic carbocycles. The van der Waals surface area contributed by atoms with Gasteiger partial charge in [0.05, 0.1) is 36.7 Å². The van der Waals surface area contributed by atoms with Crippen LogP contribution in [-0.2, 0) is 19.1 Å². The fraction of sp³-hybridized carbons (Fsp3) is 0.378. The molecule has 4 aliphatic heterocycles. The highest BCUT2D eigenvalue weighted by Crippen LogP contribution is 2.58. The molecule has 4 aliphatic rings. The topological polar surface area (TPSA) is 99.6 Å². The Morgan fingerprint density at radius 3 is 2.22 bits per heavy atom. The fourth-order valence-corrected chi connectivity index (χ4v) is 7.97. The molecule has 1 spiro atoms. The molecule has 2 saturated heterocycles. The summed E-state index contributed by atoms with van der Waals surface area (Å²) in [5, 5.41) is 12.5. The third-order valence-electron chi connectivity index (χ3n) is 10.1. The molecule has 2 fully saturated rings. The Bertz CT molecular complexity index is 1750. The van der Waals surface area contributed by atoms with Gasteiger partial charge in [-0.15, -0.1) is 0 Å². The van der Waals surface area contributed by atoms with E-state index in [0.29, 0.717) is 36.7 Å². The predicted molar refractivity (Wildman–Crippen MR) is 176 cm³/mol. The molecule has 1 N–H and O–H groups in total. The summed E-state index contributed by atoms with van der Waals surface area (Å²) in [7, 11) is 0. The van der Waals surface area contributed by atoms with E-state index in [2.05, 4.69) is 0 Å². The Morgan fingerprint density at radius 1 is 0.848 bits per heavy atom. The monoisotopic (exact) mass is 621 g/mol. The summed E-state index contributed by atoms with van der Waals surface area (Å²) in [6.07, 6.45) is 7.92. The minimum absolute atomic E-state index is 0.249. The lowest BCUT2D eigenvalue weighted by Gasteiger charge is -2.40. The average Bonchev–Trinajstić information content (AvgIpc) is 3.33. The maximum Gasteiger partial charge on any atom is 0.253 e. The first-order valence-corrected chi connectivity index (χ1v) is 16.1. The van der Waals surface area contributed by atoms with Gasteiger partial charge in [0.2, 0.25) is 11.8 Å². The van der Waals surface area contributed by atoms with E-state index in [1.54, 1.807) is 9.80 Å². The van der Waals surface area contributed by atoms with E-state index in [9.17, 15) is 19.5 Å². The lowest BCUT2D eigenvalue weighted by atomic mass is 9.74. The molecular weight excluding hydrogens is 582 g/mol. The first-order valence-electron chi connectivity index (χ1n) is 16.1. The molecule has 0 bridgehead atoms. The van der Waals surface area contributed by atoms with E-state index in [1.807, 2.05) is 112 Å². The Balaban J connectivity index is 1.32. The summed E-state index contributed by atoms with van der Waals surface area (Å²) in [4.78, 5) is 49.0. The van der Waals surface area contributed by atoms with Gasteiger partial charge in [0.25, 0.3) is 5.91 Å². The average molecular weight is 622 g/mol. The van der Waals surface area contributed by atoms with E-state index in [1.165, 1.54) is 4.90 Å². The number of hydrogen-bond acceptors (Lipinski definition) is 6. The maximum absolute atomic E-state index is 14.8. The van der Waals surface area contributed by atoms with Crippen LogP contribution < -0.4 is 14.5 Å². The van der Waals surface area contributed by atoms with Crippen LogP contribution in [0.1, 0.15) is 27.2 Å². The van der Waals surface area contributed by atoms with Crippen LogP contribution in [0.4, 0.5) is 11.4 Å². The molecule has 3 aromatic carbocycles. The number of hydrogen-bond donors (Lipinski definition) is 1. The van der Waals surface area contributed by atoms with Crippen molar-refractivity contribution in [3.63, 3.8) is 0 Å². The molecule has 0 radical (unpaired) electrons. The zero-order chi connectivity index (χ0) is 32.2. The second-order valence-electron chi connectivity index (χ2n) is 12.6. The van der Waals surface area contributed by atoms with Crippen LogP contribution in [0, 0.1) is 11.8 Å². The molecule has 4 heterocycles. The predicted octanol–water partition coefficient (Wildman–Crippen LogP) is 4.49. The number of carbonyl (C=O) groups is 3. The van der Waals surface area contributed by atoms with Gasteiger partial charge in [-0.05, 0) is 67.4 Å². The second-order valence-corrected chi connectivity index (χ2v) is 12.6. The number of carbonyl (C=O) groups excluding carboxylic acids is 3. The highest BCUT2D eigenvalue weighted by Gasteiger charge is 2.75. The number of rotatable bonds is 7. The van der Waals surface area contributed by atoms with Gasteiger partial charge in [-0.1, -0.05) is 61.6 Å². The number of fused-ring (bicyclic) bond motifs is 3. The van der Waals surface area contributed by atoms with Crippen molar-refractivity contribution >= 4 is 39.9 Å². The number of ether oxygens (including phenoxy) is 2. The number of aliphatic hydroxyl groups is 1. The fourth-order valence-electron chi connectivity index (χ4n) is 7.97. The van der Waals surface area contributed by atoms with E-state index in [-0.39, 0.29) is 30.9 Å². The van der Waals surface area contributed by atoms with Crippen LogP contribution in [-0.4, -0.2) is 77.3 Å². The Kier molecular flexibility index (Phi) is 7.48. The van der Waals surface area contributed by atoms with Gasteiger partial charge in [-0.2, -0.15) is 0 Å². The van der Waals surface area contributed by atoms with Gasteiger partial charge in [-0.3, -0.25) is 14.4 Å². The minimum Gasteiger partial charge on any atom is -0.494 e. The molecule has 0 aromatic heterocycles. The van der Waals surface area contributed by atoms with E-state index >= 15 is 0 Å². The smallest absolute Gasteiger partial charge is 0.253 e. The van der Waals surface area contributed by atoms with E-state index in [4.69, 9.17) is 9.47 Å². The number of aliphatic hydroxyl groups excluding tert-OH is 1. The van der Waals surface area contributed by atoms with Gasteiger partial charge in [0.15, 0.2) is 0 Å². The number of anilines is 2. The third kappa shape index (κ3) is 4.47. The molecule has 238 valence electrons. The van der Waals surface area contributed by atoms with Crippen LogP contribution in [0.2, 0.25) is 0 Å². The Morgan fingerprint density at radius 2 is 1.52 bits per heavy atom. The molecule has 3 aromatic rings.